The molecule has 0 bridgehead atoms. The molecular weight excluding hydrogens is 204 g/mol. The molecule has 0 aliphatic rings. The number of carboxylic acid groups (broad SMARTS) is 1. The Morgan fingerprint density at radius 1 is 1.27 bits per heavy atom. The number of benzene rings is 1. The molecular formula is C10H5F2NO2. The van der Waals surface area contributed by atoms with Gasteiger partial charge in [0.2, 0.25) is 5.95 Å². The molecule has 0 saturated carbocycles. The average molecular weight is 209 g/mol. The van der Waals surface area contributed by atoms with Gasteiger partial charge < -0.3 is 5.11 Å². The number of hydrogen-bond donors (Lipinski definition) is 1. The standard InChI is InChI=1S/C10H5F2NO2/c11-8-5-3-1-2-4-6(5)13-9(12)7(8)10(14)15/h1-4H,(H,14,15). The lowest BCUT2D eigenvalue weighted by atomic mass is 10.1. The molecule has 2 aromatic rings. The molecule has 0 spiro atoms. The summed E-state index contributed by atoms with van der Waals surface area (Å²) in [6, 6.07) is 5.85. The van der Waals surface area contributed by atoms with Crippen LogP contribution in [0.5, 0.6) is 0 Å². The smallest absolute Gasteiger partial charge is 0.343 e. The van der Waals surface area contributed by atoms with Gasteiger partial charge in [-0.15, -0.1) is 0 Å². The highest BCUT2D eigenvalue weighted by Gasteiger charge is 2.20. The van der Waals surface area contributed by atoms with E-state index in [2.05, 4.69) is 4.98 Å². The van der Waals surface area contributed by atoms with Gasteiger partial charge in [-0.1, -0.05) is 12.1 Å². The molecule has 15 heavy (non-hydrogen) atoms. The fraction of sp³-hybridized carbons (Fsp3) is 0. The van der Waals surface area contributed by atoms with E-state index < -0.39 is 23.3 Å². The van der Waals surface area contributed by atoms with Crippen LogP contribution >= 0.6 is 0 Å². The summed E-state index contributed by atoms with van der Waals surface area (Å²) in [5.41, 5.74) is -0.925. The Bertz CT molecular complexity index is 554. The number of pyridine rings is 1. The van der Waals surface area contributed by atoms with Gasteiger partial charge in [-0.3, -0.25) is 0 Å². The van der Waals surface area contributed by atoms with E-state index in [1.54, 1.807) is 6.07 Å². The molecule has 0 unspecified atom stereocenters. The normalized spacial score (nSPS) is 10.5. The number of aromatic nitrogens is 1. The van der Waals surface area contributed by atoms with Gasteiger partial charge in [0.25, 0.3) is 0 Å². The van der Waals surface area contributed by atoms with E-state index in [0.29, 0.717) is 0 Å². The minimum Gasteiger partial charge on any atom is -0.477 e. The van der Waals surface area contributed by atoms with Gasteiger partial charge in [0.15, 0.2) is 11.4 Å². The van der Waals surface area contributed by atoms with Gasteiger partial charge in [-0.25, -0.2) is 14.2 Å². The summed E-state index contributed by atoms with van der Waals surface area (Å²) in [5.74, 6) is -4.06. The molecule has 1 heterocycles. The van der Waals surface area contributed by atoms with Crippen LogP contribution in [0.4, 0.5) is 8.78 Å². The molecule has 0 saturated heterocycles. The number of hydrogen-bond acceptors (Lipinski definition) is 2. The van der Waals surface area contributed by atoms with E-state index in [1.165, 1.54) is 18.2 Å². The number of aromatic carboxylic acids is 1. The lowest BCUT2D eigenvalue weighted by Gasteiger charge is -2.02. The SMILES string of the molecule is O=C(O)c1c(F)nc2ccccc2c1F. The summed E-state index contributed by atoms with van der Waals surface area (Å²) < 4.78 is 26.6. The Hall–Kier alpha value is -2.04. The van der Waals surface area contributed by atoms with E-state index >= 15 is 0 Å². The molecule has 0 atom stereocenters. The molecule has 0 radical (unpaired) electrons. The van der Waals surface area contributed by atoms with Crippen molar-refractivity contribution < 1.29 is 18.7 Å². The summed E-state index contributed by atoms with van der Waals surface area (Å²) in [6.07, 6.45) is 0. The quantitative estimate of drug-likeness (QED) is 0.732. The van der Waals surface area contributed by atoms with E-state index in [4.69, 9.17) is 5.11 Å². The third kappa shape index (κ3) is 1.41. The van der Waals surface area contributed by atoms with Crippen molar-refractivity contribution in [2.45, 2.75) is 0 Å². The van der Waals surface area contributed by atoms with Crippen LogP contribution in [0.25, 0.3) is 10.9 Å². The molecule has 0 aliphatic heterocycles. The topological polar surface area (TPSA) is 50.2 Å². The van der Waals surface area contributed by atoms with Crippen molar-refractivity contribution in [2.24, 2.45) is 0 Å². The van der Waals surface area contributed by atoms with Crippen molar-refractivity contribution in [1.29, 1.82) is 0 Å². The third-order valence-electron chi connectivity index (χ3n) is 2.00. The number of nitrogens with zero attached hydrogens (tertiary/aromatic N) is 1. The first-order valence-corrected chi connectivity index (χ1v) is 4.08. The zero-order valence-electron chi connectivity index (χ0n) is 7.37. The molecule has 3 nitrogen and oxygen atoms in total. The average Bonchev–Trinajstić information content (AvgIpc) is 2.17. The largest absolute Gasteiger partial charge is 0.477 e. The Balaban J connectivity index is 2.90. The van der Waals surface area contributed by atoms with Crippen LogP contribution in [0.2, 0.25) is 0 Å². The third-order valence-corrected chi connectivity index (χ3v) is 2.00. The first-order chi connectivity index (χ1) is 7.11. The second kappa shape index (κ2) is 3.27. The van der Waals surface area contributed by atoms with Crippen LogP contribution in [0.15, 0.2) is 24.3 Å². The van der Waals surface area contributed by atoms with Crippen LogP contribution in [-0.4, -0.2) is 16.1 Å². The van der Waals surface area contributed by atoms with Crippen LogP contribution < -0.4 is 0 Å². The molecule has 76 valence electrons. The van der Waals surface area contributed by atoms with Crippen LogP contribution in [0.3, 0.4) is 0 Å². The van der Waals surface area contributed by atoms with Gasteiger partial charge in [0, 0.05) is 5.39 Å². The Labute approximate surface area is 83.0 Å². The Kier molecular flexibility index (Phi) is 2.07. The van der Waals surface area contributed by atoms with Crippen molar-refractivity contribution in [3.05, 3.63) is 41.6 Å². The summed E-state index contributed by atoms with van der Waals surface area (Å²) in [4.78, 5) is 13.9. The fourth-order valence-corrected chi connectivity index (χ4v) is 1.33. The molecule has 2 rings (SSSR count). The highest BCUT2D eigenvalue weighted by atomic mass is 19.1. The summed E-state index contributed by atoms with van der Waals surface area (Å²) in [6.45, 7) is 0. The van der Waals surface area contributed by atoms with Crippen molar-refractivity contribution in [2.75, 3.05) is 0 Å². The summed E-state index contributed by atoms with van der Waals surface area (Å²) in [5, 5.41) is 8.58. The van der Waals surface area contributed by atoms with E-state index in [9.17, 15) is 13.6 Å². The van der Waals surface area contributed by atoms with E-state index in [-0.39, 0.29) is 10.9 Å². The number of para-hydroxylation sites is 1. The highest BCUT2D eigenvalue weighted by Crippen LogP contribution is 2.20. The first-order valence-electron chi connectivity index (χ1n) is 4.08. The van der Waals surface area contributed by atoms with E-state index in [0.717, 1.165) is 0 Å². The predicted molar refractivity (Wildman–Crippen MR) is 48.6 cm³/mol. The number of carboxylic acids is 1. The molecule has 1 N–H and O–H groups in total. The zero-order valence-corrected chi connectivity index (χ0v) is 7.37. The fourth-order valence-electron chi connectivity index (χ4n) is 1.33. The van der Waals surface area contributed by atoms with Gasteiger partial charge in [0.1, 0.15) is 0 Å². The predicted octanol–water partition coefficient (Wildman–Crippen LogP) is 2.21. The van der Waals surface area contributed by atoms with Crippen molar-refractivity contribution in [3.8, 4) is 0 Å². The maximum atomic E-state index is 13.5. The lowest BCUT2D eigenvalue weighted by molar-refractivity contribution is 0.0686. The number of carbonyl (C=O) groups is 1. The maximum absolute atomic E-state index is 13.5. The van der Waals surface area contributed by atoms with Gasteiger partial charge in [-0.05, 0) is 12.1 Å². The molecule has 0 aliphatic carbocycles. The van der Waals surface area contributed by atoms with Crippen LogP contribution in [0, 0.1) is 11.8 Å². The van der Waals surface area contributed by atoms with Gasteiger partial charge >= 0.3 is 5.97 Å². The molecule has 1 aromatic heterocycles. The monoisotopic (exact) mass is 209 g/mol. The maximum Gasteiger partial charge on any atom is 0.343 e. The number of rotatable bonds is 1. The minimum absolute atomic E-state index is 0.00343. The van der Waals surface area contributed by atoms with Crippen LogP contribution in [-0.2, 0) is 0 Å². The summed E-state index contributed by atoms with van der Waals surface area (Å²) >= 11 is 0. The van der Waals surface area contributed by atoms with Crippen molar-refractivity contribution in [1.82, 2.24) is 4.98 Å². The van der Waals surface area contributed by atoms with Crippen molar-refractivity contribution >= 4 is 16.9 Å². The minimum atomic E-state index is -1.66. The van der Waals surface area contributed by atoms with Crippen molar-refractivity contribution in [3.63, 3.8) is 0 Å². The summed E-state index contributed by atoms with van der Waals surface area (Å²) in [7, 11) is 0. The Morgan fingerprint density at radius 2 is 1.93 bits per heavy atom. The lowest BCUT2D eigenvalue weighted by Crippen LogP contribution is -2.07. The second-order valence-corrected chi connectivity index (χ2v) is 2.91. The second-order valence-electron chi connectivity index (χ2n) is 2.91. The molecule has 0 fully saturated rings. The van der Waals surface area contributed by atoms with Gasteiger partial charge in [0.05, 0.1) is 5.52 Å². The van der Waals surface area contributed by atoms with Crippen LogP contribution in [0.1, 0.15) is 10.4 Å². The van der Waals surface area contributed by atoms with Gasteiger partial charge in [-0.2, -0.15) is 4.39 Å². The first kappa shape index (κ1) is 9.51. The Morgan fingerprint density at radius 3 is 2.60 bits per heavy atom. The highest BCUT2D eigenvalue weighted by molar-refractivity contribution is 5.93. The number of halogens is 2. The zero-order chi connectivity index (χ0) is 11.0. The molecule has 0 amide bonds. The molecule has 5 heteroatoms. The molecule has 1 aromatic carbocycles. The van der Waals surface area contributed by atoms with E-state index in [1.807, 2.05) is 0 Å². The number of fused-ring (bicyclic) bond motifs is 1.